The Morgan fingerprint density at radius 2 is 1.89 bits per heavy atom. The maximum atomic E-state index is 13.3. The largest absolute Gasteiger partial charge is 0.497 e. The fourth-order valence-electron chi connectivity index (χ4n) is 3.46. The molecule has 0 saturated carbocycles. The Morgan fingerprint density at radius 3 is 2.59 bits per heavy atom. The molecule has 0 spiro atoms. The third-order valence-electron chi connectivity index (χ3n) is 4.93. The van der Waals surface area contributed by atoms with Crippen molar-refractivity contribution in [3.05, 3.63) is 70.4 Å². The number of ether oxygens (including phenoxy) is 1. The molecule has 0 fully saturated rings. The molecule has 27 heavy (non-hydrogen) atoms. The molecular weight excluding hydrogens is 366 g/mol. The molecule has 2 aliphatic heterocycles. The van der Waals surface area contributed by atoms with E-state index >= 15 is 0 Å². The summed E-state index contributed by atoms with van der Waals surface area (Å²) in [7, 11) is 3.26. The molecule has 0 radical (unpaired) electrons. The summed E-state index contributed by atoms with van der Waals surface area (Å²) in [5.41, 5.74) is 2.81. The number of rotatable bonds is 3. The van der Waals surface area contributed by atoms with E-state index < -0.39 is 6.04 Å². The van der Waals surface area contributed by atoms with Gasteiger partial charge in [-0.2, -0.15) is 0 Å². The van der Waals surface area contributed by atoms with Crippen molar-refractivity contribution >= 4 is 29.2 Å². The van der Waals surface area contributed by atoms with E-state index in [2.05, 4.69) is 5.32 Å². The van der Waals surface area contributed by atoms with Gasteiger partial charge in [0.1, 0.15) is 5.75 Å². The average molecular weight is 384 g/mol. The highest BCUT2D eigenvalue weighted by Crippen LogP contribution is 2.38. The molecule has 0 bridgehead atoms. The SMILES string of the molecule is COc1cccc(N2CC3=C(C2=O)[C@@H](c2ccc(Cl)cc2)NC(=O)N3C)c1. The van der Waals surface area contributed by atoms with Crippen LogP contribution in [-0.2, 0) is 4.79 Å². The Hall–Kier alpha value is -2.99. The first-order valence-electron chi connectivity index (χ1n) is 8.48. The molecule has 4 rings (SSSR count). The van der Waals surface area contributed by atoms with Gasteiger partial charge in [0, 0.05) is 23.8 Å². The molecule has 0 aromatic heterocycles. The van der Waals surface area contributed by atoms with Crippen LogP contribution in [0.2, 0.25) is 5.02 Å². The minimum absolute atomic E-state index is 0.134. The van der Waals surface area contributed by atoms with Crippen LogP contribution in [0.1, 0.15) is 11.6 Å². The quantitative estimate of drug-likeness (QED) is 0.884. The lowest BCUT2D eigenvalue weighted by Crippen LogP contribution is -2.45. The number of urea groups is 1. The normalized spacial score (nSPS) is 19.3. The van der Waals surface area contributed by atoms with Crippen molar-refractivity contribution in [1.82, 2.24) is 10.2 Å². The van der Waals surface area contributed by atoms with E-state index in [0.29, 0.717) is 28.6 Å². The van der Waals surface area contributed by atoms with Crippen molar-refractivity contribution in [3.8, 4) is 5.75 Å². The number of hydrogen-bond acceptors (Lipinski definition) is 3. The van der Waals surface area contributed by atoms with E-state index in [9.17, 15) is 9.59 Å². The summed E-state index contributed by atoms with van der Waals surface area (Å²) in [5.74, 6) is 0.534. The van der Waals surface area contributed by atoms with Gasteiger partial charge in [0.2, 0.25) is 0 Å². The van der Waals surface area contributed by atoms with E-state index in [0.717, 1.165) is 11.3 Å². The zero-order chi connectivity index (χ0) is 19.1. The van der Waals surface area contributed by atoms with Crippen LogP contribution < -0.4 is 15.0 Å². The van der Waals surface area contributed by atoms with Gasteiger partial charge < -0.3 is 15.0 Å². The van der Waals surface area contributed by atoms with Crippen molar-refractivity contribution in [1.29, 1.82) is 0 Å². The van der Waals surface area contributed by atoms with Gasteiger partial charge >= 0.3 is 6.03 Å². The maximum absolute atomic E-state index is 13.3. The van der Waals surface area contributed by atoms with Gasteiger partial charge in [-0.3, -0.25) is 9.69 Å². The number of methoxy groups -OCH3 is 1. The molecule has 1 N–H and O–H groups in total. The van der Waals surface area contributed by atoms with Crippen LogP contribution in [0.25, 0.3) is 0 Å². The predicted octanol–water partition coefficient (Wildman–Crippen LogP) is 3.35. The summed E-state index contributed by atoms with van der Waals surface area (Å²) < 4.78 is 5.27. The van der Waals surface area contributed by atoms with Crippen LogP contribution in [0.15, 0.2) is 59.8 Å². The highest BCUT2D eigenvalue weighted by atomic mass is 35.5. The Morgan fingerprint density at radius 1 is 1.15 bits per heavy atom. The Balaban J connectivity index is 1.75. The number of hydrogen-bond donors (Lipinski definition) is 1. The van der Waals surface area contributed by atoms with Gasteiger partial charge in [-0.25, -0.2) is 4.79 Å². The van der Waals surface area contributed by atoms with Crippen LogP contribution >= 0.6 is 11.6 Å². The van der Waals surface area contributed by atoms with Crippen LogP contribution in [-0.4, -0.2) is 37.5 Å². The number of amides is 3. The van der Waals surface area contributed by atoms with Gasteiger partial charge in [-0.15, -0.1) is 0 Å². The number of benzene rings is 2. The molecule has 6 nitrogen and oxygen atoms in total. The minimum Gasteiger partial charge on any atom is -0.497 e. The molecule has 7 heteroatoms. The molecule has 0 aliphatic carbocycles. The van der Waals surface area contributed by atoms with Crippen LogP contribution in [0.3, 0.4) is 0 Å². The lowest BCUT2D eigenvalue weighted by Gasteiger charge is -2.31. The van der Waals surface area contributed by atoms with Crippen LogP contribution in [0.4, 0.5) is 10.5 Å². The molecule has 2 aromatic rings. The highest BCUT2D eigenvalue weighted by molar-refractivity contribution is 6.30. The molecule has 138 valence electrons. The summed E-state index contributed by atoms with van der Waals surface area (Å²) in [6, 6.07) is 13.7. The predicted molar refractivity (Wildman–Crippen MR) is 103 cm³/mol. The molecule has 2 heterocycles. The first-order chi connectivity index (χ1) is 13.0. The van der Waals surface area contributed by atoms with E-state index in [1.807, 2.05) is 36.4 Å². The minimum atomic E-state index is -0.510. The Bertz CT molecular complexity index is 955. The fourth-order valence-corrected chi connectivity index (χ4v) is 3.59. The van der Waals surface area contributed by atoms with Crippen molar-refractivity contribution in [2.24, 2.45) is 0 Å². The van der Waals surface area contributed by atoms with Crippen molar-refractivity contribution in [3.63, 3.8) is 0 Å². The standard InChI is InChI=1S/C20H18ClN3O3/c1-23-16-11-24(14-4-3-5-15(10-14)27-2)19(25)17(16)18(22-20(23)26)12-6-8-13(21)9-7-12/h3-10,18H,11H2,1-2H3,(H,22,26)/t18-/m1/s1. The number of halogens is 1. The number of nitrogens with one attached hydrogen (secondary N) is 1. The van der Waals surface area contributed by atoms with E-state index in [1.54, 1.807) is 31.2 Å². The van der Waals surface area contributed by atoms with Gasteiger partial charge in [0.25, 0.3) is 5.91 Å². The number of nitrogens with zero attached hydrogens (tertiary/aromatic N) is 2. The summed E-state index contributed by atoms with van der Waals surface area (Å²) >= 11 is 5.98. The van der Waals surface area contributed by atoms with Crippen LogP contribution in [0, 0.1) is 0 Å². The van der Waals surface area contributed by atoms with Crippen molar-refractivity contribution in [2.75, 3.05) is 25.6 Å². The molecule has 1 atom stereocenters. The summed E-state index contributed by atoms with van der Waals surface area (Å²) in [4.78, 5) is 28.9. The van der Waals surface area contributed by atoms with E-state index in [-0.39, 0.29) is 11.9 Å². The number of anilines is 1. The third kappa shape index (κ3) is 2.92. The number of carbonyl (C=O) groups excluding carboxylic acids is 2. The number of carbonyl (C=O) groups is 2. The van der Waals surface area contributed by atoms with Gasteiger partial charge in [-0.05, 0) is 29.8 Å². The molecule has 0 saturated heterocycles. The second-order valence-corrected chi connectivity index (χ2v) is 6.88. The summed E-state index contributed by atoms with van der Waals surface area (Å²) in [5, 5.41) is 3.51. The first-order valence-corrected chi connectivity index (χ1v) is 8.86. The summed E-state index contributed by atoms with van der Waals surface area (Å²) in [6.07, 6.45) is 0. The second kappa shape index (κ2) is 6.63. The van der Waals surface area contributed by atoms with E-state index in [1.165, 1.54) is 4.90 Å². The molecule has 3 amide bonds. The van der Waals surface area contributed by atoms with Gasteiger partial charge in [0.15, 0.2) is 0 Å². The first kappa shape index (κ1) is 17.4. The lowest BCUT2D eigenvalue weighted by atomic mass is 9.96. The smallest absolute Gasteiger partial charge is 0.322 e. The molecular formula is C20H18ClN3O3. The van der Waals surface area contributed by atoms with E-state index in [4.69, 9.17) is 16.3 Å². The second-order valence-electron chi connectivity index (χ2n) is 6.45. The zero-order valence-corrected chi connectivity index (χ0v) is 15.7. The van der Waals surface area contributed by atoms with Gasteiger partial charge in [-0.1, -0.05) is 29.8 Å². The molecule has 0 unspecified atom stereocenters. The topological polar surface area (TPSA) is 61.9 Å². The summed E-state index contributed by atoms with van der Waals surface area (Å²) in [6.45, 7) is 0.329. The lowest BCUT2D eigenvalue weighted by molar-refractivity contribution is -0.114. The van der Waals surface area contributed by atoms with Crippen molar-refractivity contribution < 1.29 is 14.3 Å². The Labute approximate surface area is 162 Å². The van der Waals surface area contributed by atoms with Crippen molar-refractivity contribution in [2.45, 2.75) is 6.04 Å². The molecule has 2 aliphatic rings. The molecule has 2 aromatic carbocycles. The highest BCUT2D eigenvalue weighted by Gasteiger charge is 2.43. The monoisotopic (exact) mass is 383 g/mol. The third-order valence-corrected chi connectivity index (χ3v) is 5.18. The maximum Gasteiger partial charge on any atom is 0.322 e. The van der Waals surface area contributed by atoms with Crippen LogP contribution in [0.5, 0.6) is 5.75 Å². The van der Waals surface area contributed by atoms with Gasteiger partial charge in [0.05, 0.1) is 31.0 Å². The number of likely N-dealkylation sites (N-methyl/N-ethyl adjacent to an activating group) is 1. The fraction of sp³-hybridized carbons (Fsp3) is 0.200. The Kier molecular flexibility index (Phi) is 4.28. The zero-order valence-electron chi connectivity index (χ0n) is 14.9. The average Bonchev–Trinajstić information content (AvgIpc) is 3.03.